The number of unbranched alkanes of at least 4 members (excludes halogenated alkanes) is 1. The summed E-state index contributed by atoms with van der Waals surface area (Å²) in [6.07, 6.45) is 2.82. The number of benzene rings is 1. The van der Waals surface area contributed by atoms with Gasteiger partial charge in [0.15, 0.2) is 0 Å². The maximum atomic E-state index is 12.6. The van der Waals surface area contributed by atoms with Gasteiger partial charge in [-0.2, -0.15) is 4.31 Å². The Morgan fingerprint density at radius 1 is 1.00 bits per heavy atom. The zero-order chi connectivity index (χ0) is 16.4. The van der Waals surface area contributed by atoms with E-state index >= 15 is 0 Å². The summed E-state index contributed by atoms with van der Waals surface area (Å²) in [6.45, 7) is 5.94. The number of methoxy groups -OCH3 is 1. The Kier molecular flexibility index (Phi) is 8.45. The van der Waals surface area contributed by atoms with Crippen LogP contribution in [0, 0.1) is 0 Å². The quantitative estimate of drug-likeness (QED) is 0.586. The Bertz CT molecular complexity index is 513. The maximum absolute atomic E-state index is 12.6. The Balaban J connectivity index is 2.81. The molecular formula is C16H27NO4S. The second kappa shape index (κ2) is 9.82. The van der Waals surface area contributed by atoms with Crippen LogP contribution in [0.3, 0.4) is 0 Å². The van der Waals surface area contributed by atoms with E-state index in [2.05, 4.69) is 6.92 Å². The van der Waals surface area contributed by atoms with E-state index in [1.807, 2.05) is 6.92 Å². The zero-order valence-corrected chi connectivity index (χ0v) is 14.6. The van der Waals surface area contributed by atoms with E-state index < -0.39 is 10.0 Å². The van der Waals surface area contributed by atoms with Crippen LogP contribution in [0.2, 0.25) is 0 Å². The number of sulfonamides is 1. The lowest BCUT2D eigenvalue weighted by molar-refractivity contribution is 0.179. The molecule has 22 heavy (non-hydrogen) atoms. The fraction of sp³-hybridized carbons (Fsp3) is 0.625. The van der Waals surface area contributed by atoms with E-state index in [0.29, 0.717) is 36.9 Å². The van der Waals surface area contributed by atoms with E-state index in [-0.39, 0.29) is 0 Å². The molecule has 0 saturated heterocycles. The smallest absolute Gasteiger partial charge is 0.243 e. The Morgan fingerprint density at radius 3 is 2.23 bits per heavy atom. The van der Waals surface area contributed by atoms with Gasteiger partial charge in [0.2, 0.25) is 10.0 Å². The highest BCUT2D eigenvalue weighted by Gasteiger charge is 2.23. The van der Waals surface area contributed by atoms with Gasteiger partial charge < -0.3 is 9.47 Å². The molecule has 0 aliphatic carbocycles. The number of ether oxygens (including phenoxy) is 2. The summed E-state index contributed by atoms with van der Waals surface area (Å²) in [4.78, 5) is 0.292. The van der Waals surface area contributed by atoms with Crippen molar-refractivity contribution in [1.82, 2.24) is 4.31 Å². The standard InChI is InChI=1S/C16H27NO4S/c1-4-6-13-21-15-7-9-16(10-8-15)22(18,19)17(11-5-2)12-14-20-3/h7-10H,4-6,11-14H2,1-3H3. The maximum Gasteiger partial charge on any atom is 0.243 e. The largest absolute Gasteiger partial charge is 0.494 e. The molecule has 0 bridgehead atoms. The summed E-state index contributed by atoms with van der Waals surface area (Å²) >= 11 is 0. The lowest BCUT2D eigenvalue weighted by Crippen LogP contribution is -2.34. The van der Waals surface area contributed by atoms with Crippen LogP contribution in [0.25, 0.3) is 0 Å². The SMILES string of the molecule is CCCCOc1ccc(S(=O)(=O)N(CCC)CCOC)cc1. The van der Waals surface area contributed by atoms with Gasteiger partial charge in [0.1, 0.15) is 5.75 Å². The van der Waals surface area contributed by atoms with Gasteiger partial charge in [0.05, 0.1) is 18.1 Å². The summed E-state index contributed by atoms with van der Waals surface area (Å²) in [7, 11) is -1.91. The third-order valence-corrected chi connectivity index (χ3v) is 5.16. The highest BCUT2D eigenvalue weighted by Crippen LogP contribution is 2.20. The number of rotatable bonds is 11. The van der Waals surface area contributed by atoms with Crippen LogP contribution >= 0.6 is 0 Å². The lowest BCUT2D eigenvalue weighted by atomic mass is 10.3. The Morgan fingerprint density at radius 2 is 1.68 bits per heavy atom. The van der Waals surface area contributed by atoms with E-state index in [1.165, 1.54) is 4.31 Å². The van der Waals surface area contributed by atoms with Gasteiger partial charge in [-0.3, -0.25) is 0 Å². The molecule has 0 N–H and O–H groups in total. The predicted octanol–water partition coefficient (Wildman–Crippen LogP) is 2.91. The minimum Gasteiger partial charge on any atom is -0.494 e. The van der Waals surface area contributed by atoms with E-state index in [4.69, 9.17) is 9.47 Å². The van der Waals surface area contributed by atoms with Crippen LogP contribution in [0.4, 0.5) is 0 Å². The zero-order valence-electron chi connectivity index (χ0n) is 13.7. The van der Waals surface area contributed by atoms with Crippen molar-refractivity contribution in [2.45, 2.75) is 38.0 Å². The van der Waals surface area contributed by atoms with Crippen molar-refractivity contribution >= 4 is 10.0 Å². The first-order valence-corrected chi connectivity index (χ1v) is 9.22. The molecule has 126 valence electrons. The summed E-state index contributed by atoms with van der Waals surface area (Å²) in [6, 6.07) is 6.63. The fourth-order valence-corrected chi connectivity index (χ4v) is 3.50. The molecule has 6 heteroatoms. The second-order valence-electron chi connectivity index (χ2n) is 5.07. The van der Waals surface area contributed by atoms with Gasteiger partial charge in [-0.25, -0.2) is 8.42 Å². The molecule has 1 aromatic carbocycles. The molecule has 1 rings (SSSR count). The molecule has 0 heterocycles. The monoisotopic (exact) mass is 329 g/mol. The average Bonchev–Trinajstić information content (AvgIpc) is 2.52. The molecule has 0 spiro atoms. The van der Waals surface area contributed by atoms with Crippen LogP contribution in [0.15, 0.2) is 29.2 Å². The van der Waals surface area contributed by atoms with Gasteiger partial charge in [0, 0.05) is 20.2 Å². The van der Waals surface area contributed by atoms with Gasteiger partial charge in [-0.1, -0.05) is 20.3 Å². The van der Waals surface area contributed by atoms with Gasteiger partial charge in [-0.05, 0) is 37.1 Å². The highest BCUT2D eigenvalue weighted by molar-refractivity contribution is 7.89. The third kappa shape index (κ3) is 5.59. The topological polar surface area (TPSA) is 55.8 Å². The molecule has 0 amide bonds. The molecule has 0 fully saturated rings. The molecule has 0 atom stereocenters. The lowest BCUT2D eigenvalue weighted by Gasteiger charge is -2.21. The molecule has 0 aliphatic heterocycles. The fourth-order valence-electron chi connectivity index (χ4n) is 1.99. The van der Waals surface area contributed by atoms with E-state index in [9.17, 15) is 8.42 Å². The molecule has 0 saturated carbocycles. The first-order valence-electron chi connectivity index (χ1n) is 7.78. The number of hydrogen-bond donors (Lipinski definition) is 0. The van der Waals surface area contributed by atoms with Crippen LogP contribution in [0.1, 0.15) is 33.1 Å². The Labute approximate surface area is 134 Å². The minimum atomic E-state index is -3.48. The first kappa shape index (κ1) is 18.9. The first-order chi connectivity index (χ1) is 10.6. The molecule has 0 unspecified atom stereocenters. The van der Waals surface area contributed by atoms with Crippen molar-refractivity contribution in [1.29, 1.82) is 0 Å². The van der Waals surface area contributed by atoms with Gasteiger partial charge >= 0.3 is 0 Å². The van der Waals surface area contributed by atoms with Crippen LogP contribution in [0.5, 0.6) is 5.75 Å². The van der Waals surface area contributed by atoms with Crippen molar-refractivity contribution in [2.24, 2.45) is 0 Å². The summed E-state index contributed by atoms with van der Waals surface area (Å²) in [5.74, 6) is 0.700. The van der Waals surface area contributed by atoms with E-state index in [1.54, 1.807) is 31.4 Å². The predicted molar refractivity (Wildman–Crippen MR) is 87.8 cm³/mol. The van der Waals surface area contributed by atoms with Gasteiger partial charge in [-0.15, -0.1) is 0 Å². The van der Waals surface area contributed by atoms with Crippen LogP contribution in [-0.4, -0.2) is 46.1 Å². The van der Waals surface area contributed by atoms with Crippen molar-refractivity contribution in [3.63, 3.8) is 0 Å². The summed E-state index contributed by atoms with van der Waals surface area (Å²) < 4.78 is 37.3. The van der Waals surface area contributed by atoms with Crippen molar-refractivity contribution in [3.05, 3.63) is 24.3 Å². The van der Waals surface area contributed by atoms with Crippen molar-refractivity contribution in [2.75, 3.05) is 33.4 Å². The Hall–Kier alpha value is -1.11. The molecular weight excluding hydrogens is 302 g/mol. The summed E-state index contributed by atoms with van der Waals surface area (Å²) in [5.41, 5.74) is 0. The molecule has 1 aromatic rings. The highest BCUT2D eigenvalue weighted by atomic mass is 32.2. The average molecular weight is 329 g/mol. The second-order valence-corrected chi connectivity index (χ2v) is 7.01. The summed E-state index contributed by atoms with van der Waals surface area (Å²) in [5, 5.41) is 0. The number of hydrogen-bond acceptors (Lipinski definition) is 4. The molecule has 0 aromatic heterocycles. The normalized spacial score (nSPS) is 11.8. The number of nitrogens with zero attached hydrogens (tertiary/aromatic N) is 1. The van der Waals surface area contributed by atoms with Crippen LogP contribution in [-0.2, 0) is 14.8 Å². The molecule has 0 radical (unpaired) electrons. The van der Waals surface area contributed by atoms with Crippen molar-refractivity contribution < 1.29 is 17.9 Å². The van der Waals surface area contributed by atoms with E-state index in [0.717, 1.165) is 19.3 Å². The molecule has 5 nitrogen and oxygen atoms in total. The van der Waals surface area contributed by atoms with Gasteiger partial charge in [0.25, 0.3) is 0 Å². The molecule has 0 aliphatic rings. The van der Waals surface area contributed by atoms with Crippen LogP contribution < -0.4 is 4.74 Å². The van der Waals surface area contributed by atoms with Crippen molar-refractivity contribution in [3.8, 4) is 5.75 Å². The third-order valence-electron chi connectivity index (χ3n) is 3.25. The minimum absolute atomic E-state index is 0.292.